The summed E-state index contributed by atoms with van der Waals surface area (Å²) in [6.07, 6.45) is 0. The predicted molar refractivity (Wildman–Crippen MR) is 98.5 cm³/mol. The third kappa shape index (κ3) is 5.03. The summed E-state index contributed by atoms with van der Waals surface area (Å²) in [5, 5.41) is 4.83. The zero-order chi connectivity index (χ0) is 18.4. The summed E-state index contributed by atoms with van der Waals surface area (Å²) in [4.78, 5) is 33.3. The van der Waals surface area contributed by atoms with Crippen LogP contribution < -0.4 is 10.6 Å². The van der Waals surface area contributed by atoms with Crippen LogP contribution >= 0.6 is 11.8 Å². The van der Waals surface area contributed by atoms with Crippen molar-refractivity contribution >= 4 is 23.7 Å². The fraction of sp³-hybridized carbons (Fsp3) is 0.333. The summed E-state index contributed by atoms with van der Waals surface area (Å²) in [5.74, 6) is -0.401. The molecule has 0 unspecified atom stereocenters. The molecule has 2 aromatic rings. The highest BCUT2D eigenvalue weighted by Crippen LogP contribution is 2.34. The third-order valence-electron chi connectivity index (χ3n) is 3.75. The quantitative estimate of drug-likeness (QED) is 0.634. The average molecular weight is 358 g/mol. The summed E-state index contributed by atoms with van der Waals surface area (Å²) in [6.45, 7) is 8.04. The molecular formula is C18H22N4O2S. The van der Waals surface area contributed by atoms with Crippen LogP contribution in [0.4, 0.5) is 4.79 Å². The zero-order valence-corrected chi connectivity index (χ0v) is 15.6. The monoisotopic (exact) mass is 358 g/mol. The second-order valence-electron chi connectivity index (χ2n) is 5.56. The number of imide groups is 1. The molecule has 0 aliphatic heterocycles. The van der Waals surface area contributed by atoms with E-state index in [1.807, 2.05) is 51.1 Å². The summed E-state index contributed by atoms with van der Waals surface area (Å²) >= 11 is 1.23. The van der Waals surface area contributed by atoms with E-state index < -0.39 is 17.2 Å². The molecule has 0 spiro atoms. The molecule has 1 aromatic heterocycles. The van der Waals surface area contributed by atoms with Gasteiger partial charge in [-0.1, -0.05) is 42.1 Å². The van der Waals surface area contributed by atoms with Crippen LogP contribution in [-0.2, 0) is 4.79 Å². The fourth-order valence-electron chi connectivity index (χ4n) is 2.18. The molecule has 7 heteroatoms. The Morgan fingerprint density at radius 1 is 1.08 bits per heavy atom. The Kier molecular flexibility index (Phi) is 6.52. The molecule has 1 aromatic carbocycles. The molecule has 2 rings (SSSR count). The first-order valence-corrected chi connectivity index (χ1v) is 8.92. The molecule has 0 aliphatic carbocycles. The van der Waals surface area contributed by atoms with E-state index in [0.717, 1.165) is 22.5 Å². The zero-order valence-electron chi connectivity index (χ0n) is 14.8. The summed E-state index contributed by atoms with van der Waals surface area (Å²) in [5.41, 5.74) is 3.58. The second kappa shape index (κ2) is 8.62. The van der Waals surface area contributed by atoms with E-state index in [9.17, 15) is 9.59 Å². The Labute approximate surface area is 151 Å². The van der Waals surface area contributed by atoms with Crippen molar-refractivity contribution in [3.63, 3.8) is 0 Å². The minimum absolute atomic E-state index is 0.401. The normalized spacial score (nSPS) is 11.7. The first-order valence-electron chi connectivity index (χ1n) is 8.04. The number of amides is 3. The Hall–Kier alpha value is -2.41. The van der Waals surface area contributed by atoms with E-state index in [2.05, 4.69) is 20.6 Å². The molecule has 6 nitrogen and oxygen atoms in total. The molecule has 1 heterocycles. The number of nitrogens with one attached hydrogen (secondary N) is 2. The van der Waals surface area contributed by atoms with Crippen LogP contribution in [0.3, 0.4) is 0 Å². The van der Waals surface area contributed by atoms with Crippen molar-refractivity contribution in [1.29, 1.82) is 0 Å². The Bertz CT molecular complexity index is 742. The highest BCUT2D eigenvalue weighted by molar-refractivity contribution is 8.00. The number of benzene rings is 1. The van der Waals surface area contributed by atoms with Gasteiger partial charge in [0.15, 0.2) is 5.16 Å². The molecule has 0 saturated carbocycles. The van der Waals surface area contributed by atoms with E-state index in [4.69, 9.17) is 0 Å². The number of urea groups is 1. The van der Waals surface area contributed by atoms with Gasteiger partial charge in [-0.3, -0.25) is 10.1 Å². The molecule has 0 aliphatic rings. The van der Waals surface area contributed by atoms with E-state index in [-0.39, 0.29) is 0 Å². The third-order valence-corrected chi connectivity index (χ3v) is 4.87. The standard InChI is InChI=1S/C18H22N4O2S/c1-5-19-17(24)22-16(23)15(14-9-7-6-8-10-14)25-18-20-12(3)11(2)13(4)21-18/h6-10,15H,5H2,1-4H3,(H2,19,22,23,24)/t15-/m0/s1. The smallest absolute Gasteiger partial charge is 0.321 e. The van der Waals surface area contributed by atoms with E-state index >= 15 is 0 Å². The number of thioether (sulfide) groups is 1. The molecule has 0 radical (unpaired) electrons. The lowest BCUT2D eigenvalue weighted by Gasteiger charge is -2.16. The molecular weight excluding hydrogens is 336 g/mol. The Morgan fingerprint density at radius 3 is 2.24 bits per heavy atom. The Balaban J connectivity index is 2.29. The highest BCUT2D eigenvalue weighted by atomic mass is 32.2. The van der Waals surface area contributed by atoms with Crippen molar-refractivity contribution in [3.8, 4) is 0 Å². The number of hydrogen-bond acceptors (Lipinski definition) is 5. The number of carbonyl (C=O) groups is 2. The molecule has 0 saturated heterocycles. The highest BCUT2D eigenvalue weighted by Gasteiger charge is 2.25. The van der Waals surface area contributed by atoms with Crippen LogP contribution in [-0.4, -0.2) is 28.5 Å². The van der Waals surface area contributed by atoms with Crippen molar-refractivity contribution in [1.82, 2.24) is 20.6 Å². The van der Waals surface area contributed by atoms with Crippen molar-refractivity contribution in [2.24, 2.45) is 0 Å². The van der Waals surface area contributed by atoms with Crippen molar-refractivity contribution in [2.75, 3.05) is 6.54 Å². The van der Waals surface area contributed by atoms with Gasteiger partial charge in [0.05, 0.1) is 0 Å². The van der Waals surface area contributed by atoms with Gasteiger partial charge in [0, 0.05) is 17.9 Å². The van der Waals surface area contributed by atoms with Gasteiger partial charge in [0.2, 0.25) is 5.91 Å². The maximum absolute atomic E-state index is 12.6. The minimum Gasteiger partial charge on any atom is -0.338 e. The lowest BCUT2D eigenvalue weighted by Crippen LogP contribution is -2.41. The maximum Gasteiger partial charge on any atom is 0.321 e. The molecule has 0 fully saturated rings. The summed E-state index contributed by atoms with van der Waals surface area (Å²) in [7, 11) is 0. The van der Waals surface area contributed by atoms with Gasteiger partial charge in [-0.05, 0) is 38.8 Å². The van der Waals surface area contributed by atoms with Crippen LogP contribution in [0, 0.1) is 20.8 Å². The SMILES string of the molecule is CCNC(=O)NC(=O)[C@@H](Sc1nc(C)c(C)c(C)n1)c1ccccc1. The molecule has 2 N–H and O–H groups in total. The average Bonchev–Trinajstić information content (AvgIpc) is 2.58. The van der Waals surface area contributed by atoms with E-state index in [1.165, 1.54) is 11.8 Å². The van der Waals surface area contributed by atoms with Crippen LogP contribution in [0.15, 0.2) is 35.5 Å². The van der Waals surface area contributed by atoms with Crippen LogP contribution in [0.1, 0.15) is 34.7 Å². The summed E-state index contributed by atoms with van der Waals surface area (Å²) < 4.78 is 0. The lowest BCUT2D eigenvalue weighted by atomic mass is 10.1. The molecule has 25 heavy (non-hydrogen) atoms. The largest absolute Gasteiger partial charge is 0.338 e. The van der Waals surface area contributed by atoms with Crippen LogP contribution in [0.2, 0.25) is 0 Å². The van der Waals surface area contributed by atoms with E-state index in [0.29, 0.717) is 11.7 Å². The Morgan fingerprint density at radius 2 is 1.68 bits per heavy atom. The van der Waals surface area contributed by atoms with Gasteiger partial charge in [-0.25, -0.2) is 14.8 Å². The maximum atomic E-state index is 12.6. The van der Waals surface area contributed by atoms with Gasteiger partial charge in [0.25, 0.3) is 0 Å². The van der Waals surface area contributed by atoms with Crippen molar-refractivity contribution < 1.29 is 9.59 Å². The predicted octanol–water partition coefficient (Wildman–Crippen LogP) is 3.08. The van der Waals surface area contributed by atoms with Gasteiger partial charge in [-0.15, -0.1) is 0 Å². The molecule has 1 atom stereocenters. The van der Waals surface area contributed by atoms with Gasteiger partial charge >= 0.3 is 6.03 Å². The first-order chi connectivity index (χ1) is 11.9. The van der Waals surface area contributed by atoms with Crippen LogP contribution in [0.5, 0.6) is 0 Å². The first kappa shape index (κ1) is 18.9. The van der Waals surface area contributed by atoms with Gasteiger partial charge in [0.1, 0.15) is 5.25 Å². The number of aryl methyl sites for hydroxylation is 2. The molecule has 3 amide bonds. The molecule has 132 valence electrons. The summed E-state index contributed by atoms with van der Waals surface area (Å²) in [6, 6.07) is 8.78. The fourth-order valence-corrected chi connectivity index (χ4v) is 3.23. The topological polar surface area (TPSA) is 84.0 Å². The second-order valence-corrected chi connectivity index (χ2v) is 6.63. The number of hydrogen-bond donors (Lipinski definition) is 2. The van der Waals surface area contributed by atoms with Crippen molar-refractivity contribution in [2.45, 2.75) is 38.1 Å². The van der Waals surface area contributed by atoms with Crippen molar-refractivity contribution in [3.05, 3.63) is 52.8 Å². The lowest BCUT2D eigenvalue weighted by molar-refractivity contribution is -0.119. The number of aromatic nitrogens is 2. The number of carbonyl (C=O) groups excluding carboxylic acids is 2. The van der Waals surface area contributed by atoms with E-state index in [1.54, 1.807) is 6.92 Å². The molecule has 0 bridgehead atoms. The number of rotatable bonds is 5. The van der Waals surface area contributed by atoms with Gasteiger partial charge < -0.3 is 5.32 Å². The number of nitrogens with zero attached hydrogens (tertiary/aromatic N) is 2. The minimum atomic E-state index is -0.620. The van der Waals surface area contributed by atoms with Crippen LogP contribution in [0.25, 0.3) is 0 Å². The van der Waals surface area contributed by atoms with Gasteiger partial charge in [-0.2, -0.15) is 0 Å².